The average Bonchev–Trinajstić information content (AvgIpc) is 2.88. The number of nitrogens with one attached hydrogen (secondary N) is 1. The van der Waals surface area contributed by atoms with Gasteiger partial charge in [-0.15, -0.1) is 0 Å². The van der Waals surface area contributed by atoms with Crippen LogP contribution in [0.5, 0.6) is 0 Å². The number of hydrogen-bond donors (Lipinski definition) is 2. The molecule has 208 valence electrons. The van der Waals surface area contributed by atoms with E-state index in [9.17, 15) is 9.59 Å². The third-order valence-corrected chi connectivity index (χ3v) is 8.12. The van der Waals surface area contributed by atoms with Gasteiger partial charge >= 0.3 is 0 Å². The number of hydrogen-bond acceptors (Lipinski definition) is 5. The second kappa shape index (κ2) is 12.3. The summed E-state index contributed by atoms with van der Waals surface area (Å²) in [6.07, 6.45) is 6.01. The van der Waals surface area contributed by atoms with E-state index in [0.717, 1.165) is 60.2 Å². The largest absolute Gasteiger partial charge is 0.371 e. The molecule has 2 aliphatic rings. The van der Waals surface area contributed by atoms with E-state index in [-0.39, 0.29) is 24.4 Å². The highest BCUT2D eigenvalue weighted by molar-refractivity contribution is 6.06. The number of nitrogens with zero attached hydrogens (tertiary/aromatic N) is 3. The minimum absolute atomic E-state index is 0.175. The topological polar surface area (TPSA) is 91.0 Å². The monoisotopic (exact) mass is 529 g/mol. The van der Waals surface area contributed by atoms with E-state index >= 15 is 0 Å². The number of dihydropyridines is 1. The average molecular weight is 530 g/mol. The zero-order valence-corrected chi connectivity index (χ0v) is 24.3. The van der Waals surface area contributed by atoms with Crippen molar-refractivity contribution in [3.8, 4) is 11.1 Å². The van der Waals surface area contributed by atoms with Crippen LogP contribution in [0, 0.1) is 12.8 Å². The van der Waals surface area contributed by atoms with Gasteiger partial charge in [0.05, 0.1) is 5.92 Å². The molecule has 2 aromatic carbocycles. The summed E-state index contributed by atoms with van der Waals surface area (Å²) in [4.78, 5) is 34.7. The van der Waals surface area contributed by atoms with Gasteiger partial charge < -0.3 is 20.9 Å². The lowest BCUT2D eigenvalue weighted by molar-refractivity contribution is -0.120. The minimum atomic E-state index is -0.432. The number of nitrogens with two attached hydrogens (primary N) is 1. The van der Waals surface area contributed by atoms with E-state index in [1.807, 2.05) is 32.9 Å². The summed E-state index contributed by atoms with van der Waals surface area (Å²) >= 11 is 0. The fraction of sp³-hybridized carbons (Fsp3) is 0.469. The van der Waals surface area contributed by atoms with Crippen molar-refractivity contribution in [3.05, 3.63) is 64.7 Å². The Balaban J connectivity index is 1.65. The van der Waals surface area contributed by atoms with Crippen LogP contribution in [-0.2, 0) is 11.3 Å². The minimum Gasteiger partial charge on any atom is -0.371 e. The first-order valence-electron chi connectivity index (χ1n) is 14.0. The van der Waals surface area contributed by atoms with E-state index in [1.54, 1.807) is 0 Å². The molecule has 7 nitrogen and oxygen atoms in total. The van der Waals surface area contributed by atoms with Crippen molar-refractivity contribution in [1.82, 2.24) is 10.2 Å². The molecule has 1 aliphatic heterocycles. The third kappa shape index (κ3) is 6.84. The van der Waals surface area contributed by atoms with Gasteiger partial charge in [-0.05, 0) is 101 Å². The lowest BCUT2D eigenvalue weighted by Crippen LogP contribution is -2.39. The SMILES string of the molecule is CC1=CC(C)=NC(=O)C1CNC(=O)c1cc(-c2ccc(CN(C)C)cc2)cc(N(C)C2CCC(N)CC2)c1C. The number of rotatable bonds is 8. The number of carbonyl (C=O) groups is 2. The standard InChI is InChI=1S/C32H43N5O2/c1-20-15-21(2)35-32(39)29(20)18-34-31(38)28-16-25(24-9-7-23(8-10-24)19-36(4)5)17-30(22(28)3)37(6)27-13-11-26(33)12-14-27/h7-10,15-17,26-27,29H,11-14,18-19,33H2,1-6H3,(H,34,38). The van der Waals surface area contributed by atoms with Crippen molar-refractivity contribution in [1.29, 1.82) is 0 Å². The van der Waals surface area contributed by atoms with E-state index in [4.69, 9.17) is 5.73 Å². The van der Waals surface area contributed by atoms with Gasteiger partial charge in [0, 0.05) is 49.2 Å². The Hall–Kier alpha value is -3.29. The van der Waals surface area contributed by atoms with Crippen LogP contribution in [0.2, 0.25) is 0 Å². The summed E-state index contributed by atoms with van der Waals surface area (Å²) in [7, 11) is 6.25. The molecule has 0 aromatic heterocycles. The number of anilines is 1. The van der Waals surface area contributed by atoms with Crippen LogP contribution in [0.25, 0.3) is 11.1 Å². The molecular weight excluding hydrogens is 486 g/mol. The summed E-state index contributed by atoms with van der Waals surface area (Å²) in [6, 6.07) is 13.4. The number of aliphatic imine (C=N–C) groups is 1. The van der Waals surface area contributed by atoms with Crippen LogP contribution in [0.15, 0.2) is 53.0 Å². The maximum absolute atomic E-state index is 13.6. The summed E-state index contributed by atoms with van der Waals surface area (Å²) in [5, 5.41) is 3.04. The Kier molecular flexibility index (Phi) is 9.03. The van der Waals surface area contributed by atoms with Crippen LogP contribution in [-0.4, -0.2) is 62.2 Å². The van der Waals surface area contributed by atoms with E-state index in [2.05, 4.69) is 71.6 Å². The van der Waals surface area contributed by atoms with E-state index < -0.39 is 5.92 Å². The van der Waals surface area contributed by atoms with Gasteiger partial charge in [0.15, 0.2) is 0 Å². The molecule has 1 aliphatic carbocycles. The second-order valence-electron chi connectivity index (χ2n) is 11.5. The molecule has 4 rings (SSSR count). The highest BCUT2D eigenvalue weighted by Crippen LogP contribution is 2.34. The first-order valence-corrected chi connectivity index (χ1v) is 14.0. The van der Waals surface area contributed by atoms with Crippen LogP contribution < -0.4 is 16.0 Å². The predicted octanol–water partition coefficient (Wildman–Crippen LogP) is 4.72. The smallest absolute Gasteiger partial charge is 0.254 e. The van der Waals surface area contributed by atoms with Gasteiger partial charge in [0.2, 0.25) is 0 Å². The van der Waals surface area contributed by atoms with Gasteiger partial charge in [-0.3, -0.25) is 9.59 Å². The zero-order chi connectivity index (χ0) is 28.3. The van der Waals surface area contributed by atoms with Crippen LogP contribution in [0.3, 0.4) is 0 Å². The lowest BCUT2D eigenvalue weighted by Gasteiger charge is -2.36. The van der Waals surface area contributed by atoms with Gasteiger partial charge in [-0.1, -0.05) is 29.8 Å². The lowest BCUT2D eigenvalue weighted by atomic mass is 9.89. The maximum atomic E-state index is 13.6. The Morgan fingerprint density at radius 1 is 1.00 bits per heavy atom. The van der Waals surface area contributed by atoms with Gasteiger partial charge in [0.1, 0.15) is 0 Å². The third-order valence-electron chi connectivity index (χ3n) is 8.12. The number of carbonyl (C=O) groups excluding carboxylic acids is 2. The molecule has 0 saturated heterocycles. The number of amides is 2. The Morgan fingerprint density at radius 2 is 1.67 bits per heavy atom. The normalized spacial score (nSPS) is 21.4. The Morgan fingerprint density at radius 3 is 2.28 bits per heavy atom. The van der Waals surface area contributed by atoms with Gasteiger partial charge in [0.25, 0.3) is 11.8 Å². The summed E-state index contributed by atoms with van der Waals surface area (Å²) in [5.41, 5.74) is 13.7. The van der Waals surface area contributed by atoms with Crippen LogP contribution in [0.1, 0.15) is 61.0 Å². The van der Waals surface area contributed by atoms with Crippen molar-refractivity contribution < 1.29 is 9.59 Å². The fourth-order valence-corrected chi connectivity index (χ4v) is 5.77. The molecule has 2 aromatic rings. The van der Waals surface area contributed by atoms with Gasteiger partial charge in [-0.2, -0.15) is 0 Å². The number of benzene rings is 2. The van der Waals surface area contributed by atoms with Crippen molar-refractivity contribution >= 4 is 23.2 Å². The molecule has 3 N–H and O–H groups in total. The van der Waals surface area contributed by atoms with Crippen LogP contribution in [0.4, 0.5) is 5.69 Å². The number of allylic oxidation sites excluding steroid dienone is 1. The maximum Gasteiger partial charge on any atom is 0.254 e. The summed E-state index contributed by atoms with van der Waals surface area (Å²) < 4.78 is 0. The molecule has 0 bridgehead atoms. The quantitative estimate of drug-likeness (QED) is 0.516. The summed E-state index contributed by atoms with van der Waals surface area (Å²) in [6.45, 7) is 6.85. The molecule has 7 heteroatoms. The second-order valence-corrected chi connectivity index (χ2v) is 11.5. The molecule has 2 amide bonds. The molecule has 0 spiro atoms. The van der Waals surface area contributed by atoms with Crippen LogP contribution >= 0.6 is 0 Å². The first-order chi connectivity index (χ1) is 18.5. The highest BCUT2D eigenvalue weighted by Gasteiger charge is 2.27. The molecule has 39 heavy (non-hydrogen) atoms. The van der Waals surface area contributed by atoms with E-state index in [0.29, 0.717) is 17.3 Å². The molecule has 1 unspecified atom stereocenters. The van der Waals surface area contributed by atoms with Crippen molar-refractivity contribution in [2.75, 3.05) is 32.6 Å². The highest BCUT2D eigenvalue weighted by atomic mass is 16.2. The molecule has 1 saturated carbocycles. The van der Waals surface area contributed by atoms with Crippen molar-refractivity contribution in [2.24, 2.45) is 16.6 Å². The van der Waals surface area contributed by atoms with Gasteiger partial charge in [-0.25, -0.2) is 4.99 Å². The Labute approximate surface area is 233 Å². The molecule has 1 heterocycles. The molecule has 1 atom stereocenters. The first kappa shape index (κ1) is 28.7. The molecule has 1 fully saturated rings. The predicted molar refractivity (Wildman–Crippen MR) is 160 cm³/mol. The van der Waals surface area contributed by atoms with E-state index in [1.165, 1.54) is 5.56 Å². The zero-order valence-electron chi connectivity index (χ0n) is 24.3. The molecular formula is C32H43N5O2. The van der Waals surface area contributed by atoms with Crippen molar-refractivity contribution in [2.45, 2.75) is 65.1 Å². The van der Waals surface area contributed by atoms with Crippen molar-refractivity contribution in [3.63, 3.8) is 0 Å². The Bertz CT molecular complexity index is 1270. The summed E-state index contributed by atoms with van der Waals surface area (Å²) in [5.74, 6) is -0.809. The molecule has 0 radical (unpaired) electrons. The fourth-order valence-electron chi connectivity index (χ4n) is 5.77.